The molecule has 0 saturated heterocycles. The standard InChI is InChI=1S/C16H22O/c1-5-6-7-12-15(17)13-10-8-9-11-14(13)16(2,3)4/h8-11,15,17H,7,12H2,1-4H3. The zero-order valence-corrected chi connectivity index (χ0v) is 11.2. The van der Waals surface area contributed by atoms with E-state index in [1.54, 1.807) is 0 Å². The summed E-state index contributed by atoms with van der Waals surface area (Å²) in [5.74, 6) is 5.86. The number of benzene rings is 1. The molecular weight excluding hydrogens is 208 g/mol. The summed E-state index contributed by atoms with van der Waals surface area (Å²) in [5.41, 5.74) is 2.32. The Morgan fingerprint density at radius 3 is 2.47 bits per heavy atom. The summed E-state index contributed by atoms with van der Waals surface area (Å²) in [5, 5.41) is 10.2. The van der Waals surface area contributed by atoms with Gasteiger partial charge in [0.05, 0.1) is 6.10 Å². The molecule has 0 aliphatic rings. The Kier molecular flexibility index (Phi) is 4.78. The fourth-order valence-corrected chi connectivity index (χ4v) is 1.96. The van der Waals surface area contributed by atoms with E-state index in [1.165, 1.54) is 5.56 Å². The molecule has 0 radical (unpaired) electrons. The maximum Gasteiger partial charge on any atom is 0.0802 e. The van der Waals surface area contributed by atoms with Gasteiger partial charge in [-0.2, -0.15) is 0 Å². The third kappa shape index (κ3) is 3.91. The molecule has 1 unspecified atom stereocenters. The molecule has 0 aliphatic heterocycles. The lowest BCUT2D eigenvalue weighted by Crippen LogP contribution is -2.16. The average molecular weight is 230 g/mol. The number of hydrogen-bond acceptors (Lipinski definition) is 1. The van der Waals surface area contributed by atoms with E-state index in [0.717, 1.165) is 12.0 Å². The van der Waals surface area contributed by atoms with Gasteiger partial charge >= 0.3 is 0 Å². The van der Waals surface area contributed by atoms with Crippen LogP contribution >= 0.6 is 0 Å². The van der Waals surface area contributed by atoms with Gasteiger partial charge in [-0.3, -0.25) is 0 Å². The van der Waals surface area contributed by atoms with Crippen molar-refractivity contribution >= 4 is 0 Å². The molecule has 0 aromatic heterocycles. The highest BCUT2D eigenvalue weighted by Gasteiger charge is 2.20. The molecule has 1 aromatic rings. The topological polar surface area (TPSA) is 20.2 Å². The molecule has 1 nitrogen and oxygen atoms in total. The van der Waals surface area contributed by atoms with Crippen LogP contribution in [0.4, 0.5) is 0 Å². The van der Waals surface area contributed by atoms with Gasteiger partial charge in [-0.15, -0.1) is 11.8 Å². The highest BCUT2D eigenvalue weighted by molar-refractivity contribution is 5.34. The molecular formula is C16H22O. The van der Waals surface area contributed by atoms with E-state index in [-0.39, 0.29) is 5.41 Å². The van der Waals surface area contributed by atoms with Gasteiger partial charge in [0.1, 0.15) is 0 Å². The number of aliphatic hydroxyl groups excluding tert-OH is 1. The molecule has 0 fully saturated rings. The summed E-state index contributed by atoms with van der Waals surface area (Å²) in [6.07, 6.45) is 1.04. The lowest BCUT2D eigenvalue weighted by atomic mass is 9.82. The van der Waals surface area contributed by atoms with Gasteiger partial charge in [0.15, 0.2) is 0 Å². The molecule has 0 aliphatic carbocycles. The summed E-state index contributed by atoms with van der Waals surface area (Å²) in [6, 6.07) is 8.14. The zero-order chi connectivity index (χ0) is 12.9. The second-order valence-corrected chi connectivity index (χ2v) is 5.32. The molecule has 0 saturated carbocycles. The fraction of sp³-hybridized carbons (Fsp3) is 0.500. The lowest BCUT2D eigenvalue weighted by molar-refractivity contribution is 0.167. The van der Waals surface area contributed by atoms with E-state index in [4.69, 9.17) is 0 Å². The van der Waals surface area contributed by atoms with E-state index in [9.17, 15) is 5.11 Å². The molecule has 92 valence electrons. The van der Waals surface area contributed by atoms with E-state index in [1.807, 2.05) is 25.1 Å². The van der Waals surface area contributed by atoms with Crippen molar-refractivity contribution in [1.29, 1.82) is 0 Å². The van der Waals surface area contributed by atoms with Crippen LogP contribution in [0.1, 0.15) is 57.8 Å². The van der Waals surface area contributed by atoms with Crippen LogP contribution in [0.25, 0.3) is 0 Å². The van der Waals surface area contributed by atoms with Crippen LogP contribution in [0.15, 0.2) is 24.3 Å². The molecule has 1 heteroatoms. The van der Waals surface area contributed by atoms with Gasteiger partial charge in [-0.1, -0.05) is 45.0 Å². The summed E-state index contributed by atoms with van der Waals surface area (Å²) in [4.78, 5) is 0. The van der Waals surface area contributed by atoms with E-state index in [0.29, 0.717) is 6.42 Å². The Morgan fingerprint density at radius 1 is 1.24 bits per heavy atom. The summed E-state index contributed by atoms with van der Waals surface area (Å²) in [7, 11) is 0. The molecule has 0 bridgehead atoms. The number of rotatable bonds is 3. The summed E-state index contributed by atoms with van der Waals surface area (Å²) < 4.78 is 0. The van der Waals surface area contributed by atoms with Crippen molar-refractivity contribution < 1.29 is 5.11 Å². The number of hydrogen-bond donors (Lipinski definition) is 1. The van der Waals surface area contributed by atoms with Crippen LogP contribution in [0.2, 0.25) is 0 Å². The van der Waals surface area contributed by atoms with Crippen LogP contribution in [0.5, 0.6) is 0 Å². The van der Waals surface area contributed by atoms with E-state index < -0.39 is 6.10 Å². The lowest BCUT2D eigenvalue weighted by Gasteiger charge is -2.25. The second-order valence-electron chi connectivity index (χ2n) is 5.32. The third-order valence-corrected chi connectivity index (χ3v) is 2.85. The molecule has 1 atom stereocenters. The van der Waals surface area contributed by atoms with Crippen molar-refractivity contribution in [2.45, 2.75) is 52.1 Å². The van der Waals surface area contributed by atoms with Gasteiger partial charge in [0.2, 0.25) is 0 Å². The highest BCUT2D eigenvalue weighted by Crippen LogP contribution is 2.31. The van der Waals surface area contributed by atoms with Crippen molar-refractivity contribution in [1.82, 2.24) is 0 Å². The van der Waals surface area contributed by atoms with E-state index in [2.05, 4.69) is 38.7 Å². The Balaban J connectivity index is 2.92. The maximum atomic E-state index is 10.2. The largest absolute Gasteiger partial charge is 0.388 e. The molecule has 0 amide bonds. The molecule has 0 heterocycles. The maximum absolute atomic E-state index is 10.2. The Hall–Kier alpha value is -1.26. The summed E-state index contributed by atoms with van der Waals surface area (Å²) >= 11 is 0. The van der Waals surface area contributed by atoms with Gasteiger partial charge < -0.3 is 5.11 Å². The smallest absolute Gasteiger partial charge is 0.0802 e. The SMILES string of the molecule is CC#CCCC(O)c1ccccc1C(C)(C)C. The first-order valence-corrected chi connectivity index (χ1v) is 6.14. The van der Waals surface area contributed by atoms with Crippen LogP contribution < -0.4 is 0 Å². The minimum atomic E-state index is -0.411. The normalized spacial score (nSPS) is 12.8. The average Bonchev–Trinajstić information content (AvgIpc) is 2.28. The minimum Gasteiger partial charge on any atom is -0.388 e. The van der Waals surface area contributed by atoms with E-state index >= 15 is 0 Å². The second kappa shape index (κ2) is 5.89. The Bertz CT molecular complexity index is 415. The summed E-state index contributed by atoms with van der Waals surface area (Å²) in [6.45, 7) is 8.34. The molecule has 17 heavy (non-hydrogen) atoms. The highest BCUT2D eigenvalue weighted by atomic mass is 16.3. The van der Waals surface area contributed by atoms with Crippen LogP contribution in [0, 0.1) is 11.8 Å². The van der Waals surface area contributed by atoms with Crippen LogP contribution in [0.3, 0.4) is 0 Å². The predicted octanol–water partition coefficient (Wildman–Crippen LogP) is 3.82. The molecule has 1 rings (SSSR count). The fourth-order valence-electron chi connectivity index (χ4n) is 1.96. The molecule has 0 spiro atoms. The van der Waals surface area contributed by atoms with Gasteiger partial charge in [-0.05, 0) is 29.9 Å². The quantitative estimate of drug-likeness (QED) is 0.783. The number of aliphatic hydroxyl groups is 1. The van der Waals surface area contributed by atoms with Crippen molar-refractivity contribution in [3.63, 3.8) is 0 Å². The molecule has 1 aromatic carbocycles. The first-order chi connectivity index (χ1) is 7.96. The van der Waals surface area contributed by atoms with Crippen molar-refractivity contribution in [3.05, 3.63) is 35.4 Å². The minimum absolute atomic E-state index is 0.0635. The first-order valence-electron chi connectivity index (χ1n) is 6.14. The zero-order valence-electron chi connectivity index (χ0n) is 11.2. The van der Waals surface area contributed by atoms with Gasteiger partial charge in [0.25, 0.3) is 0 Å². The van der Waals surface area contributed by atoms with Crippen molar-refractivity contribution in [2.24, 2.45) is 0 Å². The first kappa shape index (κ1) is 13.8. The Labute approximate surface area is 105 Å². The monoisotopic (exact) mass is 230 g/mol. The van der Waals surface area contributed by atoms with Gasteiger partial charge in [-0.25, -0.2) is 0 Å². The molecule has 1 N–H and O–H groups in total. The third-order valence-electron chi connectivity index (χ3n) is 2.85. The van der Waals surface area contributed by atoms with Crippen molar-refractivity contribution in [3.8, 4) is 11.8 Å². The predicted molar refractivity (Wildman–Crippen MR) is 72.8 cm³/mol. The van der Waals surface area contributed by atoms with Crippen LogP contribution in [-0.4, -0.2) is 5.11 Å². The van der Waals surface area contributed by atoms with Crippen LogP contribution in [-0.2, 0) is 5.41 Å². The van der Waals surface area contributed by atoms with Crippen molar-refractivity contribution in [2.75, 3.05) is 0 Å². The Morgan fingerprint density at radius 2 is 1.88 bits per heavy atom. The van der Waals surface area contributed by atoms with Gasteiger partial charge in [0, 0.05) is 6.42 Å².